The maximum absolute atomic E-state index is 12.9. The number of benzene rings is 2. The monoisotopic (exact) mass is 347 g/mol. The Balaban J connectivity index is 1.52. The quantitative estimate of drug-likeness (QED) is 0.649. The molecule has 0 unspecified atom stereocenters. The molecule has 1 aliphatic rings. The molecule has 4 nitrogen and oxygen atoms in total. The smallest absolute Gasteiger partial charge is 0.318 e. The van der Waals surface area contributed by atoms with Crippen LogP contribution in [0.4, 0.5) is 0 Å². The maximum atomic E-state index is 12.9. The van der Waals surface area contributed by atoms with Crippen molar-refractivity contribution >= 4 is 5.97 Å². The summed E-state index contributed by atoms with van der Waals surface area (Å²) in [4.78, 5) is 14.9. The van der Waals surface area contributed by atoms with Gasteiger partial charge in [-0.1, -0.05) is 48.5 Å². The summed E-state index contributed by atoms with van der Waals surface area (Å²) in [6, 6.07) is 19.8. The van der Waals surface area contributed by atoms with Gasteiger partial charge < -0.3 is 14.1 Å². The second-order valence-electron chi connectivity index (χ2n) is 6.82. The number of rotatable bonds is 5. The number of nitrogens with zero attached hydrogens (tertiary/aromatic N) is 1. The van der Waals surface area contributed by atoms with Crippen molar-refractivity contribution < 1.29 is 13.9 Å². The van der Waals surface area contributed by atoms with Crippen molar-refractivity contribution in [2.75, 3.05) is 14.1 Å². The molecule has 26 heavy (non-hydrogen) atoms. The first-order chi connectivity index (χ1) is 12.6. The number of hydrogen-bond donors (Lipinski definition) is 0. The summed E-state index contributed by atoms with van der Waals surface area (Å²) in [6.45, 7) is 0.865. The van der Waals surface area contributed by atoms with E-state index in [0.29, 0.717) is 5.76 Å². The molecule has 0 bridgehead atoms. The molecule has 0 amide bonds. The maximum Gasteiger partial charge on any atom is 0.318 e. The van der Waals surface area contributed by atoms with Gasteiger partial charge in [0.25, 0.3) is 0 Å². The van der Waals surface area contributed by atoms with Crippen molar-refractivity contribution in [3.8, 4) is 11.1 Å². The molecule has 3 aromatic rings. The summed E-state index contributed by atoms with van der Waals surface area (Å²) in [5.74, 6) is 0.902. The summed E-state index contributed by atoms with van der Waals surface area (Å²) in [6.07, 6.45) is 0. The van der Waals surface area contributed by atoms with Crippen molar-refractivity contribution in [1.82, 2.24) is 4.90 Å². The van der Waals surface area contributed by atoms with Gasteiger partial charge >= 0.3 is 5.97 Å². The highest BCUT2D eigenvalue weighted by molar-refractivity contribution is 5.93. The lowest BCUT2D eigenvalue weighted by molar-refractivity contribution is -0.146. The van der Waals surface area contributed by atoms with Crippen LogP contribution in [-0.2, 0) is 22.7 Å². The number of esters is 1. The van der Waals surface area contributed by atoms with E-state index < -0.39 is 0 Å². The van der Waals surface area contributed by atoms with Gasteiger partial charge in [-0.2, -0.15) is 0 Å². The molecule has 0 N–H and O–H groups in total. The molecule has 1 aromatic heterocycles. The minimum Gasteiger partial charge on any atom is -0.461 e. The summed E-state index contributed by atoms with van der Waals surface area (Å²) < 4.78 is 11.3. The van der Waals surface area contributed by atoms with Crippen molar-refractivity contribution in [2.24, 2.45) is 0 Å². The molecular formula is C22H21NO3. The zero-order valence-corrected chi connectivity index (χ0v) is 14.9. The topological polar surface area (TPSA) is 42.7 Å². The summed E-state index contributed by atoms with van der Waals surface area (Å²) >= 11 is 0. The Labute approximate surface area is 153 Å². The van der Waals surface area contributed by atoms with E-state index in [1.165, 1.54) is 0 Å². The molecular weight excluding hydrogens is 326 g/mol. The van der Waals surface area contributed by atoms with Gasteiger partial charge in [0.2, 0.25) is 0 Å². The first-order valence-electron chi connectivity index (χ1n) is 8.70. The van der Waals surface area contributed by atoms with E-state index in [1.807, 2.05) is 67.5 Å². The normalized spacial score (nSPS) is 12.9. The van der Waals surface area contributed by atoms with Gasteiger partial charge in [-0.25, -0.2) is 0 Å². The number of ether oxygens (including phenoxy) is 1. The van der Waals surface area contributed by atoms with Crippen LogP contribution in [0.3, 0.4) is 0 Å². The van der Waals surface area contributed by atoms with Crippen LogP contribution in [0.25, 0.3) is 11.1 Å². The van der Waals surface area contributed by atoms with E-state index in [-0.39, 0.29) is 18.5 Å². The minimum absolute atomic E-state index is 0.146. The average molecular weight is 347 g/mol. The lowest BCUT2D eigenvalue weighted by Gasteiger charge is -2.12. The Bertz CT molecular complexity index is 896. The molecule has 0 atom stereocenters. The molecule has 4 heteroatoms. The van der Waals surface area contributed by atoms with Crippen molar-refractivity contribution in [2.45, 2.75) is 19.1 Å². The number of hydrogen-bond acceptors (Lipinski definition) is 4. The van der Waals surface area contributed by atoms with Crippen LogP contribution in [0.1, 0.15) is 28.6 Å². The fourth-order valence-electron chi connectivity index (χ4n) is 3.53. The number of carbonyl (C=O) groups excluding carboxylic acids is 1. The van der Waals surface area contributed by atoms with E-state index in [1.54, 1.807) is 0 Å². The molecule has 1 aliphatic carbocycles. The van der Waals surface area contributed by atoms with Crippen LogP contribution in [0, 0.1) is 0 Å². The summed E-state index contributed by atoms with van der Waals surface area (Å²) in [5.41, 5.74) is 4.23. The highest BCUT2D eigenvalue weighted by atomic mass is 16.5. The molecule has 1 heterocycles. The van der Waals surface area contributed by atoms with E-state index in [2.05, 4.69) is 12.1 Å². The molecule has 0 saturated carbocycles. The third-order valence-electron chi connectivity index (χ3n) is 4.62. The highest BCUT2D eigenvalue weighted by Gasteiger charge is 2.34. The zero-order valence-electron chi connectivity index (χ0n) is 14.9. The molecule has 132 valence electrons. The fourth-order valence-corrected chi connectivity index (χ4v) is 3.53. The Kier molecular flexibility index (Phi) is 4.35. The van der Waals surface area contributed by atoms with Crippen molar-refractivity contribution in [3.63, 3.8) is 0 Å². The van der Waals surface area contributed by atoms with Gasteiger partial charge in [0.1, 0.15) is 24.0 Å². The van der Waals surface area contributed by atoms with Gasteiger partial charge in [0.05, 0.1) is 6.54 Å². The molecule has 2 aromatic carbocycles. The Morgan fingerprint density at radius 3 is 2.12 bits per heavy atom. The van der Waals surface area contributed by atoms with Crippen LogP contribution in [0.15, 0.2) is 65.1 Å². The standard InChI is InChI=1S/C22H21NO3/c1-23(2)13-15-11-12-16(26-15)14-25-22(24)21-19-9-5-3-7-17(19)18-8-4-6-10-20(18)21/h3-12,21H,13-14H2,1-2H3. The Hall–Kier alpha value is -2.85. The minimum atomic E-state index is -0.376. The van der Waals surface area contributed by atoms with E-state index >= 15 is 0 Å². The number of furan rings is 1. The number of carbonyl (C=O) groups is 1. The highest BCUT2D eigenvalue weighted by Crippen LogP contribution is 2.45. The molecule has 0 aliphatic heterocycles. The molecule has 0 saturated heterocycles. The van der Waals surface area contributed by atoms with Crippen LogP contribution in [-0.4, -0.2) is 25.0 Å². The third kappa shape index (κ3) is 3.04. The Morgan fingerprint density at radius 1 is 0.923 bits per heavy atom. The van der Waals surface area contributed by atoms with Gasteiger partial charge in [-0.15, -0.1) is 0 Å². The fraction of sp³-hybridized carbons (Fsp3) is 0.227. The average Bonchev–Trinajstić information content (AvgIpc) is 3.21. The second kappa shape index (κ2) is 6.81. The van der Waals surface area contributed by atoms with Gasteiger partial charge in [-0.3, -0.25) is 4.79 Å². The van der Waals surface area contributed by atoms with Crippen LogP contribution < -0.4 is 0 Å². The van der Waals surface area contributed by atoms with Gasteiger partial charge in [0, 0.05) is 0 Å². The molecule has 4 rings (SSSR count). The van der Waals surface area contributed by atoms with Crippen LogP contribution >= 0.6 is 0 Å². The second-order valence-corrected chi connectivity index (χ2v) is 6.82. The third-order valence-corrected chi connectivity index (χ3v) is 4.62. The molecule has 0 spiro atoms. The summed E-state index contributed by atoms with van der Waals surface area (Å²) in [7, 11) is 3.97. The Morgan fingerprint density at radius 2 is 1.50 bits per heavy atom. The van der Waals surface area contributed by atoms with Crippen LogP contribution in [0.2, 0.25) is 0 Å². The predicted molar refractivity (Wildman–Crippen MR) is 99.6 cm³/mol. The molecule has 0 radical (unpaired) electrons. The van der Waals surface area contributed by atoms with E-state index in [4.69, 9.17) is 9.15 Å². The predicted octanol–water partition coefficient (Wildman–Crippen LogP) is 4.20. The van der Waals surface area contributed by atoms with E-state index in [0.717, 1.165) is 34.6 Å². The van der Waals surface area contributed by atoms with E-state index in [9.17, 15) is 4.79 Å². The molecule has 0 fully saturated rings. The zero-order chi connectivity index (χ0) is 18.1. The number of fused-ring (bicyclic) bond motifs is 3. The van der Waals surface area contributed by atoms with Crippen LogP contribution in [0.5, 0.6) is 0 Å². The van der Waals surface area contributed by atoms with Gasteiger partial charge in [-0.05, 0) is 48.5 Å². The van der Waals surface area contributed by atoms with Crippen molar-refractivity contribution in [3.05, 3.63) is 83.3 Å². The largest absolute Gasteiger partial charge is 0.461 e. The lowest BCUT2D eigenvalue weighted by Crippen LogP contribution is -2.15. The first kappa shape index (κ1) is 16.6. The first-order valence-corrected chi connectivity index (χ1v) is 8.70. The SMILES string of the molecule is CN(C)Cc1ccc(COC(=O)C2c3ccccc3-c3ccccc32)o1. The van der Waals surface area contributed by atoms with Crippen molar-refractivity contribution in [1.29, 1.82) is 0 Å². The lowest BCUT2D eigenvalue weighted by atomic mass is 9.97. The summed E-state index contributed by atoms with van der Waals surface area (Å²) in [5, 5.41) is 0. The van der Waals surface area contributed by atoms with Gasteiger partial charge in [0.15, 0.2) is 0 Å².